The highest BCUT2D eigenvalue weighted by Crippen LogP contribution is 2.32. The largest absolute Gasteiger partial charge is 0.481 e. The van der Waals surface area contributed by atoms with Crippen molar-refractivity contribution >= 4 is 38.8 Å². The lowest BCUT2D eigenvalue weighted by Crippen LogP contribution is -2.34. The first-order valence-corrected chi connectivity index (χ1v) is 7.40. The Hall–Kier alpha value is -1.82. The molecule has 6 heteroatoms. The molecule has 1 aliphatic rings. The van der Waals surface area contributed by atoms with Crippen LogP contribution in [0.3, 0.4) is 0 Å². The van der Waals surface area contributed by atoms with Crippen molar-refractivity contribution in [2.75, 3.05) is 13.1 Å². The van der Waals surface area contributed by atoms with Gasteiger partial charge < -0.3 is 14.4 Å². The maximum Gasteiger partial charge on any atom is 0.311 e. The molecule has 1 saturated heterocycles. The zero-order valence-electron chi connectivity index (χ0n) is 11.4. The number of halogens is 1. The zero-order valence-corrected chi connectivity index (χ0v) is 13.0. The van der Waals surface area contributed by atoms with Crippen LogP contribution in [0.4, 0.5) is 0 Å². The molecule has 110 valence electrons. The van der Waals surface area contributed by atoms with Gasteiger partial charge in [-0.2, -0.15) is 0 Å². The van der Waals surface area contributed by atoms with Crippen molar-refractivity contribution in [3.63, 3.8) is 0 Å². The summed E-state index contributed by atoms with van der Waals surface area (Å²) in [7, 11) is 0. The summed E-state index contributed by atoms with van der Waals surface area (Å²) in [5.41, 5.74) is -0.230. The van der Waals surface area contributed by atoms with Gasteiger partial charge in [0.1, 0.15) is 5.58 Å². The first kappa shape index (κ1) is 14.1. The lowest BCUT2D eigenvalue weighted by molar-refractivity contribution is -0.147. The minimum absolute atomic E-state index is 0.210. The number of hydrogen-bond donors (Lipinski definition) is 1. The van der Waals surface area contributed by atoms with Crippen molar-refractivity contribution < 1.29 is 19.1 Å². The third kappa shape index (κ3) is 2.44. The SMILES string of the molecule is CC1(C(=O)O)CCN(C(=O)c2cc3cc(Br)ccc3o2)C1. The number of fused-ring (bicyclic) bond motifs is 1. The van der Waals surface area contributed by atoms with E-state index in [9.17, 15) is 14.7 Å². The fourth-order valence-corrected chi connectivity index (χ4v) is 2.96. The number of amides is 1. The molecule has 1 aliphatic heterocycles. The summed E-state index contributed by atoms with van der Waals surface area (Å²) in [5.74, 6) is -0.878. The van der Waals surface area contributed by atoms with Crippen LogP contribution < -0.4 is 0 Å². The summed E-state index contributed by atoms with van der Waals surface area (Å²) >= 11 is 3.37. The lowest BCUT2D eigenvalue weighted by atomic mass is 9.90. The molecule has 1 N–H and O–H groups in total. The zero-order chi connectivity index (χ0) is 15.2. The van der Waals surface area contributed by atoms with Gasteiger partial charge in [0.2, 0.25) is 0 Å². The Balaban J connectivity index is 1.86. The fraction of sp³-hybridized carbons (Fsp3) is 0.333. The highest BCUT2D eigenvalue weighted by Gasteiger charge is 2.42. The number of carboxylic acids is 1. The quantitative estimate of drug-likeness (QED) is 0.902. The Bertz CT molecular complexity index is 738. The van der Waals surface area contributed by atoms with Gasteiger partial charge in [0.25, 0.3) is 5.91 Å². The maximum absolute atomic E-state index is 12.4. The number of nitrogens with zero attached hydrogens (tertiary/aromatic N) is 1. The molecule has 3 rings (SSSR count). The number of hydrogen-bond acceptors (Lipinski definition) is 3. The lowest BCUT2D eigenvalue weighted by Gasteiger charge is -2.19. The summed E-state index contributed by atoms with van der Waals surface area (Å²) in [4.78, 5) is 25.2. The smallest absolute Gasteiger partial charge is 0.311 e. The molecule has 1 amide bonds. The van der Waals surface area contributed by atoms with Gasteiger partial charge in [-0.3, -0.25) is 9.59 Å². The van der Waals surface area contributed by atoms with Crippen LogP contribution in [0, 0.1) is 5.41 Å². The van der Waals surface area contributed by atoms with Gasteiger partial charge in [-0.25, -0.2) is 0 Å². The Labute approximate surface area is 129 Å². The summed E-state index contributed by atoms with van der Waals surface area (Å²) in [6.07, 6.45) is 0.458. The van der Waals surface area contributed by atoms with E-state index in [1.165, 1.54) is 0 Å². The van der Waals surface area contributed by atoms with Crippen LogP contribution in [0.5, 0.6) is 0 Å². The number of carbonyl (C=O) groups is 2. The highest BCUT2D eigenvalue weighted by atomic mass is 79.9. The Morgan fingerprint density at radius 2 is 2.14 bits per heavy atom. The normalized spacial score (nSPS) is 21.9. The molecule has 0 bridgehead atoms. The van der Waals surface area contributed by atoms with E-state index in [4.69, 9.17) is 4.42 Å². The fourth-order valence-electron chi connectivity index (χ4n) is 2.58. The van der Waals surface area contributed by atoms with Crippen molar-refractivity contribution in [1.82, 2.24) is 4.90 Å². The van der Waals surface area contributed by atoms with Crippen molar-refractivity contribution in [3.8, 4) is 0 Å². The Kier molecular flexibility index (Phi) is 3.28. The molecule has 5 nitrogen and oxygen atoms in total. The van der Waals surface area contributed by atoms with Crippen LogP contribution >= 0.6 is 15.9 Å². The number of carbonyl (C=O) groups excluding carboxylic acids is 1. The molecule has 2 aromatic rings. The molecular weight excluding hydrogens is 338 g/mol. The molecule has 1 aromatic heterocycles. The topological polar surface area (TPSA) is 70.8 Å². The predicted octanol–water partition coefficient (Wildman–Crippen LogP) is 3.13. The minimum Gasteiger partial charge on any atom is -0.481 e. The molecule has 0 radical (unpaired) electrons. The van der Waals surface area contributed by atoms with E-state index in [0.29, 0.717) is 18.5 Å². The molecule has 0 aliphatic carbocycles. The van der Waals surface area contributed by atoms with Crippen molar-refractivity contribution in [2.45, 2.75) is 13.3 Å². The minimum atomic E-state index is -0.870. The number of carboxylic acid groups (broad SMARTS) is 1. The number of aliphatic carboxylic acids is 1. The van der Waals surface area contributed by atoms with Crippen LogP contribution in [0.15, 0.2) is 33.2 Å². The molecule has 0 spiro atoms. The highest BCUT2D eigenvalue weighted by molar-refractivity contribution is 9.10. The molecule has 1 unspecified atom stereocenters. The van der Waals surface area contributed by atoms with E-state index >= 15 is 0 Å². The van der Waals surface area contributed by atoms with Crippen LogP contribution in [0.1, 0.15) is 23.9 Å². The van der Waals surface area contributed by atoms with E-state index in [0.717, 1.165) is 9.86 Å². The summed E-state index contributed by atoms with van der Waals surface area (Å²) in [5, 5.41) is 10.1. The molecule has 21 heavy (non-hydrogen) atoms. The summed E-state index contributed by atoms with van der Waals surface area (Å²) in [6.45, 7) is 2.31. The second kappa shape index (κ2) is 4.87. The molecule has 1 aromatic carbocycles. The van der Waals surface area contributed by atoms with E-state index in [2.05, 4.69) is 15.9 Å². The number of furan rings is 1. The number of benzene rings is 1. The van der Waals surface area contributed by atoms with Crippen LogP contribution in [0.2, 0.25) is 0 Å². The predicted molar refractivity (Wildman–Crippen MR) is 80.2 cm³/mol. The molecular formula is C15H14BrNO4. The van der Waals surface area contributed by atoms with Crippen molar-refractivity contribution in [2.24, 2.45) is 5.41 Å². The van der Waals surface area contributed by atoms with Gasteiger partial charge in [-0.15, -0.1) is 0 Å². The summed E-state index contributed by atoms with van der Waals surface area (Å²) < 4.78 is 6.48. The van der Waals surface area contributed by atoms with Crippen LogP contribution in [-0.2, 0) is 4.79 Å². The summed E-state index contributed by atoms with van der Waals surface area (Å²) in [6, 6.07) is 7.21. The first-order valence-electron chi connectivity index (χ1n) is 6.61. The van der Waals surface area contributed by atoms with E-state index in [1.807, 2.05) is 12.1 Å². The monoisotopic (exact) mass is 351 g/mol. The van der Waals surface area contributed by atoms with Gasteiger partial charge >= 0.3 is 5.97 Å². The average Bonchev–Trinajstić information content (AvgIpc) is 3.02. The standard InChI is InChI=1S/C15H14BrNO4/c1-15(14(19)20)4-5-17(8-15)13(18)12-7-9-6-10(16)2-3-11(9)21-12/h2-3,6-7H,4-5,8H2,1H3,(H,19,20). The second-order valence-electron chi connectivity index (χ2n) is 5.64. The van der Waals surface area contributed by atoms with Crippen LogP contribution in [-0.4, -0.2) is 35.0 Å². The Morgan fingerprint density at radius 3 is 2.81 bits per heavy atom. The third-order valence-electron chi connectivity index (χ3n) is 3.97. The second-order valence-corrected chi connectivity index (χ2v) is 6.55. The van der Waals surface area contributed by atoms with Gasteiger partial charge in [0.15, 0.2) is 5.76 Å². The molecule has 1 atom stereocenters. The average molecular weight is 352 g/mol. The number of rotatable bonds is 2. The Morgan fingerprint density at radius 1 is 1.38 bits per heavy atom. The molecule has 1 fully saturated rings. The van der Waals surface area contributed by atoms with Gasteiger partial charge in [0.05, 0.1) is 5.41 Å². The molecule has 0 saturated carbocycles. The first-order chi connectivity index (χ1) is 9.89. The van der Waals surface area contributed by atoms with Crippen molar-refractivity contribution in [3.05, 3.63) is 34.5 Å². The van der Waals surface area contributed by atoms with E-state index in [1.54, 1.807) is 24.0 Å². The van der Waals surface area contributed by atoms with Crippen LogP contribution in [0.25, 0.3) is 11.0 Å². The van der Waals surface area contributed by atoms with E-state index < -0.39 is 11.4 Å². The number of likely N-dealkylation sites (tertiary alicyclic amines) is 1. The third-order valence-corrected chi connectivity index (χ3v) is 4.46. The van der Waals surface area contributed by atoms with Gasteiger partial charge in [-0.1, -0.05) is 15.9 Å². The van der Waals surface area contributed by atoms with E-state index in [-0.39, 0.29) is 18.2 Å². The van der Waals surface area contributed by atoms with Gasteiger partial charge in [-0.05, 0) is 37.6 Å². The van der Waals surface area contributed by atoms with Gasteiger partial charge in [0, 0.05) is 22.9 Å². The maximum atomic E-state index is 12.4. The molecule has 2 heterocycles. The van der Waals surface area contributed by atoms with Crippen molar-refractivity contribution in [1.29, 1.82) is 0 Å².